The topological polar surface area (TPSA) is 27.7 Å². The van der Waals surface area contributed by atoms with Crippen molar-refractivity contribution in [2.24, 2.45) is 0 Å². The molecule has 0 aliphatic carbocycles. The summed E-state index contributed by atoms with van der Waals surface area (Å²) in [6.45, 7) is 6.33. The molecule has 21 heavy (non-hydrogen) atoms. The first-order chi connectivity index (χ1) is 10.2. The Bertz CT molecular complexity index is 468. The summed E-state index contributed by atoms with van der Waals surface area (Å²) in [6.07, 6.45) is 0. The molecule has 112 valence electrons. The third-order valence-corrected chi connectivity index (χ3v) is 3.03. The number of benzene rings is 2. The second-order valence-electron chi connectivity index (χ2n) is 4.94. The molecule has 0 aliphatic heterocycles. The van der Waals surface area contributed by atoms with E-state index in [4.69, 9.17) is 14.2 Å². The van der Waals surface area contributed by atoms with E-state index in [-0.39, 0.29) is 0 Å². The van der Waals surface area contributed by atoms with Crippen molar-refractivity contribution in [3.05, 3.63) is 59.7 Å². The van der Waals surface area contributed by atoms with Crippen molar-refractivity contribution in [2.45, 2.75) is 13.8 Å². The van der Waals surface area contributed by atoms with Crippen LogP contribution in [0.4, 0.5) is 0 Å². The minimum absolute atomic E-state index is 0.549. The standard InChI is InChI=1S/C18H22O3/c1-15-3-7-17(8-4-15)20-13-11-19-12-14-21-18-9-5-16(2)6-10-18/h3-10H,11-14H2,1-2H3. The first kappa shape index (κ1) is 15.4. The smallest absolute Gasteiger partial charge is 0.119 e. The summed E-state index contributed by atoms with van der Waals surface area (Å²) in [6, 6.07) is 16.0. The van der Waals surface area contributed by atoms with Gasteiger partial charge in [-0.1, -0.05) is 35.4 Å². The number of aryl methyl sites for hydroxylation is 2. The molecule has 2 aromatic carbocycles. The van der Waals surface area contributed by atoms with Crippen LogP contribution in [-0.4, -0.2) is 26.4 Å². The quantitative estimate of drug-likeness (QED) is 0.691. The predicted molar refractivity (Wildman–Crippen MR) is 84.2 cm³/mol. The van der Waals surface area contributed by atoms with Crippen LogP contribution in [0, 0.1) is 13.8 Å². The normalized spacial score (nSPS) is 10.4. The zero-order chi connectivity index (χ0) is 14.9. The Kier molecular flexibility index (Phi) is 6.10. The lowest BCUT2D eigenvalue weighted by molar-refractivity contribution is 0.0764. The lowest BCUT2D eigenvalue weighted by Crippen LogP contribution is -2.12. The summed E-state index contributed by atoms with van der Waals surface area (Å²) >= 11 is 0. The molecule has 0 saturated heterocycles. The van der Waals surface area contributed by atoms with Gasteiger partial charge in [-0.2, -0.15) is 0 Å². The van der Waals surface area contributed by atoms with Gasteiger partial charge in [-0.3, -0.25) is 0 Å². The molecule has 0 atom stereocenters. The van der Waals surface area contributed by atoms with Gasteiger partial charge in [0.2, 0.25) is 0 Å². The fourth-order valence-electron chi connectivity index (χ4n) is 1.81. The summed E-state index contributed by atoms with van der Waals surface area (Å²) in [5.74, 6) is 1.75. The van der Waals surface area contributed by atoms with Crippen LogP contribution in [0.25, 0.3) is 0 Å². The molecule has 0 unspecified atom stereocenters. The summed E-state index contributed by atoms with van der Waals surface area (Å²) in [5, 5.41) is 0. The van der Waals surface area contributed by atoms with E-state index in [1.807, 2.05) is 48.5 Å². The van der Waals surface area contributed by atoms with Crippen molar-refractivity contribution < 1.29 is 14.2 Å². The fraction of sp³-hybridized carbons (Fsp3) is 0.333. The highest BCUT2D eigenvalue weighted by Crippen LogP contribution is 2.12. The molecular formula is C18H22O3. The van der Waals surface area contributed by atoms with E-state index in [2.05, 4.69) is 13.8 Å². The average molecular weight is 286 g/mol. The van der Waals surface area contributed by atoms with Crippen LogP contribution in [0.1, 0.15) is 11.1 Å². The molecule has 0 N–H and O–H groups in total. The highest BCUT2D eigenvalue weighted by molar-refractivity contribution is 5.26. The molecule has 0 saturated carbocycles. The highest BCUT2D eigenvalue weighted by atomic mass is 16.5. The van der Waals surface area contributed by atoms with Crippen molar-refractivity contribution in [3.63, 3.8) is 0 Å². The van der Waals surface area contributed by atoms with Crippen LogP contribution < -0.4 is 9.47 Å². The Morgan fingerprint density at radius 3 is 1.33 bits per heavy atom. The second-order valence-corrected chi connectivity index (χ2v) is 4.94. The molecule has 2 aromatic rings. The van der Waals surface area contributed by atoms with Crippen molar-refractivity contribution in [1.82, 2.24) is 0 Å². The number of rotatable bonds is 8. The van der Waals surface area contributed by atoms with Crippen molar-refractivity contribution in [2.75, 3.05) is 26.4 Å². The van der Waals surface area contributed by atoms with E-state index >= 15 is 0 Å². The van der Waals surface area contributed by atoms with Crippen LogP contribution in [0.3, 0.4) is 0 Å². The van der Waals surface area contributed by atoms with Crippen LogP contribution in [0.15, 0.2) is 48.5 Å². The Balaban J connectivity index is 1.52. The molecule has 0 fully saturated rings. The number of hydrogen-bond acceptors (Lipinski definition) is 3. The summed E-state index contributed by atoms with van der Waals surface area (Å²) in [4.78, 5) is 0. The van der Waals surface area contributed by atoms with Gasteiger partial charge in [-0.05, 0) is 38.1 Å². The minimum Gasteiger partial charge on any atom is -0.491 e. The molecule has 0 heterocycles. The molecule has 0 spiro atoms. The van der Waals surface area contributed by atoms with E-state index in [9.17, 15) is 0 Å². The Morgan fingerprint density at radius 1 is 0.571 bits per heavy atom. The number of hydrogen-bond donors (Lipinski definition) is 0. The summed E-state index contributed by atoms with van der Waals surface area (Å²) in [5.41, 5.74) is 2.46. The molecule has 0 radical (unpaired) electrons. The lowest BCUT2D eigenvalue weighted by atomic mass is 10.2. The van der Waals surface area contributed by atoms with Gasteiger partial charge < -0.3 is 14.2 Å². The minimum atomic E-state index is 0.549. The van der Waals surface area contributed by atoms with Crippen molar-refractivity contribution in [3.8, 4) is 11.5 Å². The number of ether oxygens (including phenoxy) is 3. The third-order valence-electron chi connectivity index (χ3n) is 3.03. The van der Waals surface area contributed by atoms with Crippen molar-refractivity contribution in [1.29, 1.82) is 0 Å². The van der Waals surface area contributed by atoms with Gasteiger partial charge in [0, 0.05) is 0 Å². The maximum absolute atomic E-state index is 5.57. The molecular weight excluding hydrogens is 264 g/mol. The molecule has 0 aliphatic rings. The van der Waals surface area contributed by atoms with Crippen LogP contribution in [-0.2, 0) is 4.74 Å². The molecule has 3 heteroatoms. The third kappa shape index (κ3) is 5.88. The van der Waals surface area contributed by atoms with Gasteiger partial charge in [-0.15, -0.1) is 0 Å². The zero-order valence-electron chi connectivity index (χ0n) is 12.7. The largest absolute Gasteiger partial charge is 0.491 e. The Hall–Kier alpha value is -2.00. The van der Waals surface area contributed by atoms with E-state index in [1.165, 1.54) is 11.1 Å². The van der Waals surface area contributed by atoms with Crippen LogP contribution >= 0.6 is 0 Å². The first-order valence-electron chi connectivity index (χ1n) is 7.21. The van der Waals surface area contributed by atoms with Gasteiger partial charge in [0.15, 0.2) is 0 Å². The van der Waals surface area contributed by atoms with E-state index in [0.717, 1.165) is 11.5 Å². The second kappa shape index (κ2) is 8.32. The molecule has 2 rings (SSSR count). The highest BCUT2D eigenvalue weighted by Gasteiger charge is 1.95. The Morgan fingerprint density at radius 2 is 0.952 bits per heavy atom. The SMILES string of the molecule is Cc1ccc(OCCOCCOc2ccc(C)cc2)cc1. The predicted octanol–water partition coefficient (Wildman–Crippen LogP) is 3.78. The van der Waals surface area contributed by atoms with Gasteiger partial charge >= 0.3 is 0 Å². The fourth-order valence-corrected chi connectivity index (χ4v) is 1.81. The van der Waals surface area contributed by atoms with Crippen molar-refractivity contribution >= 4 is 0 Å². The summed E-state index contributed by atoms with van der Waals surface area (Å²) < 4.78 is 16.6. The Labute approximate surface area is 126 Å². The van der Waals surface area contributed by atoms with E-state index < -0.39 is 0 Å². The molecule has 3 nitrogen and oxygen atoms in total. The average Bonchev–Trinajstić information content (AvgIpc) is 2.50. The maximum atomic E-state index is 5.57. The summed E-state index contributed by atoms with van der Waals surface area (Å²) in [7, 11) is 0. The zero-order valence-corrected chi connectivity index (χ0v) is 12.7. The maximum Gasteiger partial charge on any atom is 0.119 e. The molecule has 0 aromatic heterocycles. The van der Waals surface area contributed by atoms with Gasteiger partial charge in [0.05, 0.1) is 13.2 Å². The van der Waals surface area contributed by atoms with Gasteiger partial charge in [-0.25, -0.2) is 0 Å². The van der Waals surface area contributed by atoms with Gasteiger partial charge in [0.1, 0.15) is 24.7 Å². The molecule has 0 amide bonds. The first-order valence-corrected chi connectivity index (χ1v) is 7.21. The van der Waals surface area contributed by atoms with Gasteiger partial charge in [0.25, 0.3) is 0 Å². The van der Waals surface area contributed by atoms with Crippen LogP contribution in [0.5, 0.6) is 11.5 Å². The molecule has 0 bridgehead atoms. The monoisotopic (exact) mass is 286 g/mol. The van der Waals surface area contributed by atoms with Crippen LogP contribution in [0.2, 0.25) is 0 Å². The van der Waals surface area contributed by atoms with E-state index in [0.29, 0.717) is 26.4 Å². The van der Waals surface area contributed by atoms with E-state index in [1.54, 1.807) is 0 Å². The lowest BCUT2D eigenvalue weighted by Gasteiger charge is -2.09.